The van der Waals surface area contributed by atoms with Crippen molar-refractivity contribution >= 4 is 0 Å². The molecule has 3 heteroatoms. The summed E-state index contributed by atoms with van der Waals surface area (Å²) in [5, 5.41) is 12.7. The molecule has 1 fully saturated rings. The molecule has 0 bridgehead atoms. The van der Waals surface area contributed by atoms with Crippen molar-refractivity contribution in [2.75, 3.05) is 33.3 Å². The second-order valence-electron chi connectivity index (χ2n) is 6.14. The summed E-state index contributed by atoms with van der Waals surface area (Å²) in [6.45, 7) is 10.3. The first kappa shape index (κ1) is 15.9. The van der Waals surface area contributed by atoms with Gasteiger partial charge in [0.25, 0.3) is 0 Å². The third-order valence-corrected chi connectivity index (χ3v) is 4.47. The first-order valence-electron chi connectivity index (χ1n) is 7.62. The van der Waals surface area contributed by atoms with Crippen LogP contribution in [0.4, 0.5) is 0 Å². The molecule has 0 radical (unpaired) electrons. The first-order valence-corrected chi connectivity index (χ1v) is 7.62. The second-order valence-corrected chi connectivity index (χ2v) is 6.14. The summed E-state index contributed by atoms with van der Waals surface area (Å²) in [7, 11) is 2.10. The molecule has 0 aromatic rings. The molecule has 0 saturated heterocycles. The maximum Gasteiger partial charge on any atom is 0.0558 e. The molecule has 0 heterocycles. The zero-order valence-corrected chi connectivity index (χ0v) is 12.7. The van der Waals surface area contributed by atoms with Crippen molar-refractivity contribution in [3.63, 3.8) is 0 Å². The Morgan fingerprint density at radius 1 is 1.22 bits per heavy atom. The Morgan fingerprint density at radius 2 is 1.94 bits per heavy atom. The Morgan fingerprint density at radius 3 is 2.50 bits per heavy atom. The van der Waals surface area contributed by atoms with Gasteiger partial charge in [0, 0.05) is 19.1 Å². The summed E-state index contributed by atoms with van der Waals surface area (Å²) in [5.41, 5.74) is 0. The van der Waals surface area contributed by atoms with E-state index >= 15 is 0 Å². The van der Waals surface area contributed by atoms with Crippen molar-refractivity contribution in [2.45, 2.75) is 46.1 Å². The van der Waals surface area contributed by atoms with Crippen molar-refractivity contribution < 1.29 is 5.11 Å². The van der Waals surface area contributed by atoms with Crippen LogP contribution in [0, 0.1) is 17.8 Å². The minimum Gasteiger partial charge on any atom is -0.395 e. The zero-order valence-electron chi connectivity index (χ0n) is 12.7. The predicted molar refractivity (Wildman–Crippen MR) is 77.7 cm³/mol. The molecule has 18 heavy (non-hydrogen) atoms. The number of aliphatic hydroxyl groups excluding tert-OH is 1. The molecule has 0 aliphatic heterocycles. The molecule has 4 unspecified atom stereocenters. The van der Waals surface area contributed by atoms with E-state index in [1.54, 1.807) is 0 Å². The lowest BCUT2D eigenvalue weighted by Crippen LogP contribution is -2.48. The van der Waals surface area contributed by atoms with Crippen LogP contribution >= 0.6 is 0 Å². The highest BCUT2D eigenvalue weighted by atomic mass is 16.3. The van der Waals surface area contributed by atoms with Crippen LogP contribution in [0.15, 0.2) is 0 Å². The lowest BCUT2D eigenvalue weighted by molar-refractivity contribution is 0.0937. The predicted octanol–water partition coefficient (Wildman–Crippen LogP) is 1.96. The van der Waals surface area contributed by atoms with Crippen molar-refractivity contribution in [1.29, 1.82) is 0 Å². The third-order valence-electron chi connectivity index (χ3n) is 4.47. The quantitative estimate of drug-likeness (QED) is 0.731. The van der Waals surface area contributed by atoms with Gasteiger partial charge in [-0.25, -0.2) is 0 Å². The molecule has 2 N–H and O–H groups in total. The van der Waals surface area contributed by atoms with E-state index in [4.69, 9.17) is 5.11 Å². The Balaban J connectivity index is 2.59. The Bertz CT molecular complexity index is 217. The van der Waals surface area contributed by atoms with E-state index < -0.39 is 0 Å². The average molecular weight is 256 g/mol. The van der Waals surface area contributed by atoms with Crippen molar-refractivity contribution in [3.05, 3.63) is 0 Å². The highest BCUT2D eigenvalue weighted by Gasteiger charge is 2.33. The maximum atomic E-state index is 9.17. The van der Waals surface area contributed by atoms with Crippen LogP contribution in [0.5, 0.6) is 0 Å². The summed E-state index contributed by atoms with van der Waals surface area (Å²) in [6.07, 6.45) is 3.81. The molecule has 1 saturated carbocycles. The normalized spacial score (nSPS) is 33.0. The standard InChI is InChI=1S/C15H32N2O/c1-5-6-17(7-8-18)11-14-13(3)9-12(2)10-15(14)16-4/h12-16,18H,5-11H2,1-4H3. The van der Waals surface area contributed by atoms with Gasteiger partial charge in [0.2, 0.25) is 0 Å². The van der Waals surface area contributed by atoms with Crippen LogP contribution in [0.2, 0.25) is 0 Å². The largest absolute Gasteiger partial charge is 0.395 e. The van der Waals surface area contributed by atoms with Crippen LogP contribution in [0.3, 0.4) is 0 Å². The smallest absolute Gasteiger partial charge is 0.0558 e. The Hall–Kier alpha value is -0.120. The lowest BCUT2D eigenvalue weighted by Gasteiger charge is -2.42. The maximum absolute atomic E-state index is 9.17. The molecule has 0 amide bonds. The van der Waals surface area contributed by atoms with Crippen LogP contribution in [0.25, 0.3) is 0 Å². The van der Waals surface area contributed by atoms with Crippen LogP contribution < -0.4 is 5.32 Å². The summed E-state index contributed by atoms with van der Waals surface area (Å²) in [6, 6.07) is 0.641. The molecule has 0 aromatic heterocycles. The molecule has 0 aromatic carbocycles. The zero-order chi connectivity index (χ0) is 13.5. The van der Waals surface area contributed by atoms with E-state index in [-0.39, 0.29) is 6.61 Å². The van der Waals surface area contributed by atoms with E-state index in [0.29, 0.717) is 6.04 Å². The number of hydrogen-bond acceptors (Lipinski definition) is 3. The molecule has 4 atom stereocenters. The van der Waals surface area contributed by atoms with E-state index in [1.807, 2.05) is 0 Å². The van der Waals surface area contributed by atoms with E-state index in [1.165, 1.54) is 19.3 Å². The minimum atomic E-state index is 0.279. The first-order chi connectivity index (χ1) is 8.62. The van der Waals surface area contributed by atoms with Crippen LogP contribution in [-0.4, -0.2) is 49.3 Å². The molecule has 3 nitrogen and oxygen atoms in total. The van der Waals surface area contributed by atoms with E-state index in [9.17, 15) is 0 Å². The number of hydrogen-bond donors (Lipinski definition) is 2. The third kappa shape index (κ3) is 4.52. The lowest BCUT2D eigenvalue weighted by atomic mass is 9.72. The Labute approximate surface area is 113 Å². The Kier molecular flexibility index (Phi) is 7.20. The molecule has 1 aliphatic rings. The topological polar surface area (TPSA) is 35.5 Å². The summed E-state index contributed by atoms with van der Waals surface area (Å²) in [5.74, 6) is 2.35. The molecule has 0 spiro atoms. The van der Waals surface area contributed by atoms with Gasteiger partial charge >= 0.3 is 0 Å². The SMILES string of the molecule is CCCN(CCO)CC1C(C)CC(C)CC1NC. The van der Waals surface area contributed by atoms with Gasteiger partial charge in [-0.15, -0.1) is 0 Å². The fourth-order valence-electron chi connectivity index (χ4n) is 3.60. The summed E-state index contributed by atoms with van der Waals surface area (Å²) < 4.78 is 0. The van der Waals surface area contributed by atoms with E-state index in [0.717, 1.165) is 37.4 Å². The van der Waals surface area contributed by atoms with Crippen molar-refractivity contribution in [2.24, 2.45) is 17.8 Å². The van der Waals surface area contributed by atoms with E-state index in [2.05, 4.69) is 38.0 Å². The fraction of sp³-hybridized carbons (Fsp3) is 1.00. The van der Waals surface area contributed by atoms with Crippen molar-refractivity contribution in [1.82, 2.24) is 10.2 Å². The number of nitrogens with zero attached hydrogens (tertiary/aromatic N) is 1. The monoisotopic (exact) mass is 256 g/mol. The second kappa shape index (κ2) is 8.13. The van der Waals surface area contributed by atoms with Gasteiger partial charge in [0.1, 0.15) is 0 Å². The van der Waals surface area contributed by atoms with Gasteiger partial charge in [0.15, 0.2) is 0 Å². The summed E-state index contributed by atoms with van der Waals surface area (Å²) >= 11 is 0. The van der Waals surface area contributed by atoms with Gasteiger partial charge in [-0.2, -0.15) is 0 Å². The fourth-order valence-corrected chi connectivity index (χ4v) is 3.60. The number of rotatable bonds is 7. The van der Waals surface area contributed by atoms with Gasteiger partial charge < -0.3 is 15.3 Å². The van der Waals surface area contributed by atoms with Gasteiger partial charge in [-0.3, -0.25) is 0 Å². The molecule has 108 valence electrons. The number of aliphatic hydroxyl groups is 1. The molecule has 1 rings (SSSR count). The van der Waals surface area contributed by atoms with Crippen LogP contribution in [-0.2, 0) is 0 Å². The highest BCUT2D eigenvalue weighted by Crippen LogP contribution is 2.34. The molecule has 1 aliphatic carbocycles. The van der Waals surface area contributed by atoms with Crippen molar-refractivity contribution in [3.8, 4) is 0 Å². The molecular weight excluding hydrogens is 224 g/mol. The minimum absolute atomic E-state index is 0.279. The van der Waals surface area contributed by atoms with Gasteiger partial charge in [-0.1, -0.05) is 20.8 Å². The highest BCUT2D eigenvalue weighted by molar-refractivity contribution is 4.88. The van der Waals surface area contributed by atoms with Gasteiger partial charge in [0.05, 0.1) is 6.61 Å². The summed E-state index contributed by atoms with van der Waals surface area (Å²) in [4.78, 5) is 2.43. The molecular formula is C15H32N2O. The number of nitrogens with one attached hydrogen (secondary N) is 1. The van der Waals surface area contributed by atoms with Crippen LogP contribution in [0.1, 0.15) is 40.0 Å². The average Bonchev–Trinajstić information content (AvgIpc) is 2.32. The van der Waals surface area contributed by atoms with Gasteiger partial charge in [-0.05, 0) is 50.6 Å².